The van der Waals surface area contributed by atoms with Crippen LogP contribution in [0.5, 0.6) is 11.5 Å². The Labute approximate surface area is 190 Å². The molecule has 8 heteroatoms. The first-order valence-electron chi connectivity index (χ1n) is 10.3. The second-order valence-electron chi connectivity index (χ2n) is 7.42. The largest absolute Gasteiger partial charge is 0.497 e. The van der Waals surface area contributed by atoms with Gasteiger partial charge in [0.25, 0.3) is 5.56 Å². The summed E-state index contributed by atoms with van der Waals surface area (Å²) in [6, 6.07) is 18.7. The lowest BCUT2D eigenvalue weighted by atomic mass is 9.99. The Morgan fingerprint density at radius 1 is 0.879 bits per heavy atom. The van der Waals surface area contributed by atoms with Crippen LogP contribution in [0.1, 0.15) is 11.1 Å². The molecule has 3 N–H and O–H groups in total. The number of aromatic amines is 2. The van der Waals surface area contributed by atoms with E-state index >= 15 is 0 Å². The van der Waals surface area contributed by atoms with Gasteiger partial charge in [-0.25, -0.2) is 0 Å². The number of ether oxygens (including phenoxy) is 2. The van der Waals surface area contributed by atoms with E-state index in [9.17, 15) is 9.90 Å². The van der Waals surface area contributed by atoms with Gasteiger partial charge in [0, 0.05) is 11.6 Å². The van der Waals surface area contributed by atoms with Crippen LogP contribution >= 0.6 is 0 Å². The molecule has 0 radical (unpaired) electrons. The molecule has 4 aromatic rings. The van der Waals surface area contributed by atoms with E-state index in [0.29, 0.717) is 28.4 Å². The fourth-order valence-electron chi connectivity index (χ4n) is 3.53. The standard InChI is InChI=1S/C25H24N4O4/c1-15-4-9-18(12-21(15)17-7-5-16(14-30)6-8-17)26-28-24-23(27-29-25(24)31)20-11-10-19(32-2)13-22(20)33-3/h4-13,30H,14H2,1-3H3,(H2,27,29,31). The van der Waals surface area contributed by atoms with Crippen molar-refractivity contribution in [1.29, 1.82) is 0 Å². The van der Waals surface area contributed by atoms with E-state index in [4.69, 9.17) is 9.47 Å². The Morgan fingerprint density at radius 2 is 1.67 bits per heavy atom. The highest BCUT2D eigenvalue weighted by atomic mass is 16.5. The number of methoxy groups -OCH3 is 2. The lowest BCUT2D eigenvalue weighted by molar-refractivity contribution is 0.282. The molecular weight excluding hydrogens is 420 g/mol. The maximum Gasteiger partial charge on any atom is 0.292 e. The SMILES string of the molecule is COc1ccc(-c2[nH][nH]c(=O)c2N=Nc2ccc(C)c(-c3ccc(CO)cc3)c2)c(OC)c1. The molecule has 1 heterocycles. The predicted molar refractivity (Wildman–Crippen MR) is 127 cm³/mol. The van der Waals surface area contributed by atoms with Crippen molar-refractivity contribution < 1.29 is 14.6 Å². The summed E-state index contributed by atoms with van der Waals surface area (Å²) in [5, 5.41) is 23.3. The van der Waals surface area contributed by atoms with Gasteiger partial charge >= 0.3 is 0 Å². The molecule has 1 aromatic heterocycles. The van der Waals surface area contributed by atoms with Gasteiger partial charge in [-0.2, -0.15) is 5.11 Å². The number of rotatable bonds is 7. The third-order valence-electron chi connectivity index (χ3n) is 5.37. The van der Waals surface area contributed by atoms with Gasteiger partial charge in [-0.05, 0) is 53.4 Å². The Hall–Kier alpha value is -4.17. The molecule has 8 nitrogen and oxygen atoms in total. The molecule has 0 saturated carbocycles. The number of H-pyrrole nitrogens is 2. The van der Waals surface area contributed by atoms with Crippen LogP contribution < -0.4 is 15.0 Å². The van der Waals surface area contributed by atoms with Crippen LogP contribution in [0.2, 0.25) is 0 Å². The third-order valence-corrected chi connectivity index (χ3v) is 5.37. The molecule has 0 bridgehead atoms. The minimum absolute atomic E-state index is 0.0000404. The number of aryl methyl sites for hydroxylation is 1. The summed E-state index contributed by atoms with van der Waals surface area (Å²) in [5.74, 6) is 1.17. The van der Waals surface area contributed by atoms with E-state index in [2.05, 4.69) is 20.4 Å². The molecule has 33 heavy (non-hydrogen) atoms. The lowest BCUT2D eigenvalue weighted by Crippen LogP contribution is -1.96. The first-order valence-corrected chi connectivity index (χ1v) is 10.3. The molecule has 4 rings (SSSR count). The molecule has 0 atom stereocenters. The number of hydrogen-bond donors (Lipinski definition) is 3. The van der Waals surface area contributed by atoms with Crippen molar-refractivity contribution in [3.05, 3.63) is 82.1 Å². The van der Waals surface area contributed by atoms with Crippen molar-refractivity contribution in [2.24, 2.45) is 10.2 Å². The van der Waals surface area contributed by atoms with Crippen molar-refractivity contribution >= 4 is 11.4 Å². The van der Waals surface area contributed by atoms with Gasteiger partial charge in [0.1, 0.15) is 11.5 Å². The maximum atomic E-state index is 12.4. The smallest absolute Gasteiger partial charge is 0.292 e. The predicted octanol–water partition coefficient (Wildman–Crippen LogP) is 5.27. The van der Waals surface area contributed by atoms with Crippen LogP contribution in [0.3, 0.4) is 0 Å². The molecular formula is C25H24N4O4. The minimum Gasteiger partial charge on any atom is -0.497 e. The Balaban J connectivity index is 1.70. The monoisotopic (exact) mass is 444 g/mol. The van der Waals surface area contributed by atoms with E-state index < -0.39 is 5.56 Å². The summed E-state index contributed by atoms with van der Waals surface area (Å²) in [7, 11) is 3.12. The third kappa shape index (κ3) is 4.56. The second-order valence-corrected chi connectivity index (χ2v) is 7.42. The second kappa shape index (κ2) is 9.54. The summed E-state index contributed by atoms with van der Waals surface area (Å²) < 4.78 is 10.7. The number of nitrogens with zero attached hydrogens (tertiary/aromatic N) is 2. The van der Waals surface area contributed by atoms with Crippen molar-refractivity contribution in [2.45, 2.75) is 13.5 Å². The molecule has 0 unspecified atom stereocenters. The average molecular weight is 444 g/mol. The number of aliphatic hydroxyl groups is 1. The average Bonchev–Trinajstić information content (AvgIpc) is 3.23. The van der Waals surface area contributed by atoms with Crippen molar-refractivity contribution in [3.8, 4) is 33.9 Å². The van der Waals surface area contributed by atoms with E-state index in [1.54, 1.807) is 32.4 Å². The molecule has 0 spiro atoms. The summed E-state index contributed by atoms with van der Waals surface area (Å²) in [5.41, 5.74) is 5.41. The van der Waals surface area contributed by atoms with Crippen molar-refractivity contribution in [1.82, 2.24) is 10.2 Å². The number of azo groups is 1. The Bertz CT molecular complexity index is 1350. The fraction of sp³-hybridized carbons (Fsp3) is 0.160. The molecule has 0 aliphatic rings. The van der Waals surface area contributed by atoms with Crippen LogP contribution in [0, 0.1) is 6.92 Å². The molecule has 3 aromatic carbocycles. The topological polar surface area (TPSA) is 112 Å². The molecule has 0 fully saturated rings. The summed E-state index contributed by atoms with van der Waals surface area (Å²) in [6.07, 6.45) is 0. The number of nitrogens with one attached hydrogen (secondary N) is 2. The minimum atomic E-state index is -0.390. The van der Waals surface area contributed by atoms with E-state index in [-0.39, 0.29) is 12.3 Å². The molecule has 0 aliphatic carbocycles. The van der Waals surface area contributed by atoms with Gasteiger partial charge in [0.05, 0.1) is 32.2 Å². The highest BCUT2D eigenvalue weighted by Crippen LogP contribution is 2.36. The van der Waals surface area contributed by atoms with Crippen LogP contribution in [0.4, 0.5) is 11.4 Å². The number of aliphatic hydroxyl groups excluding tert-OH is 1. The van der Waals surface area contributed by atoms with Gasteiger partial charge in [-0.1, -0.05) is 30.3 Å². The van der Waals surface area contributed by atoms with Gasteiger partial charge in [0.15, 0.2) is 5.69 Å². The number of aromatic nitrogens is 2. The van der Waals surface area contributed by atoms with Crippen molar-refractivity contribution in [3.63, 3.8) is 0 Å². The van der Waals surface area contributed by atoms with Gasteiger partial charge in [-0.3, -0.25) is 15.0 Å². The molecule has 0 aliphatic heterocycles. The summed E-state index contributed by atoms with van der Waals surface area (Å²) >= 11 is 0. The van der Waals surface area contributed by atoms with Crippen LogP contribution in [0.25, 0.3) is 22.4 Å². The zero-order valence-electron chi connectivity index (χ0n) is 18.5. The zero-order chi connectivity index (χ0) is 23.4. The van der Waals surface area contributed by atoms with Crippen LogP contribution in [0.15, 0.2) is 75.7 Å². The van der Waals surface area contributed by atoms with Gasteiger partial charge in [-0.15, -0.1) is 5.11 Å². The van der Waals surface area contributed by atoms with Crippen molar-refractivity contribution in [2.75, 3.05) is 14.2 Å². The Morgan fingerprint density at radius 3 is 2.36 bits per heavy atom. The number of hydrogen-bond acceptors (Lipinski definition) is 6. The normalized spacial score (nSPS) is 11.2. The first-order chi connectivity index (χ1) is 16.0. The Kier molecular flexibility index (Phi) is 6.37. The molecule has 0 saturated heterocycles. The van der Waals surface area contributed by atoms with Gasteiger partial charge in [0.2, 0.25) is 0 Å². The van der Waals surface area contributed by atoms with Crippen LogP contribution in [-0.4, -0.2) is 29.5 Å². The zero-order valence-corrected chi connectivity index (χ0v) is 18.5. The number of benzene rings is 3. The quantitative estimate of drug-likeness (QED) is 0.337. The van der Waals surface area contributed by atoms with Crippen LogP contribution in [-0.2, 0) is 6.61 Å². The molecule has 168 valence electrons. The van der Waals surface area contributed by atoms with Gasteiger partial charge < -0.3 is 14.6 Å². The highest BCUT2D eigenvalue weighted by Gasteiger charge is 2.16. The van der Waals surface area contributed by atoms with E-state index in [0.717, 1.165) is 22.3 Å². The molecule has 0 amide bonds. The lowest BCUT2D eigenvalue weighted by Gasteiger charge is -2.09. The summed E-state index contributed by atoms with van der Waals surface area (Å²) in [4.78, 5) is 12.4. The maximum absolute atomic E-state index is 12.4. The highest BCUT2D eigenvalue weighted by molar-refractivity contribution is 5.77. The fourth-order valence-corrected chi connectivity index (χ4v) is 3.53. The first kappa shape index (κ1) is 22.0. The van der Waals surface area contributed by atoms with E-state index in [1.165, 1.54) is 0 Å². The summed E-state index contributed by atoms with van der Waals surface area (Å²) in [6.45, 7) is 2.02. The van der Waals surface area contributed by atoms with E-state index in [1.807, 2.05) is 49.4 Å².